The molecular weight excluding hydrogens is 254 g/mol. The highest BCUT2D eigenvalue weighted by Gasteiger charge is 2.37. The topological polar surface area (TPSA) is 62.4 Å². The molecule has 1 aromatic heterocycles. The van der Waals surface area contributed by atoms with Gasteiger partial charge in [0.05, 0.1) is 12.6 Å². The van der Waals surface area contributed by atoms with Crippen molar-refractivity contribution in [1.82, 2.24) is 15.0 Å². The Bertz CT molecular complexity index is 435. The average molecular weight is 279 g/mol. The van der Waals surface area contributed by atoms with Crippen LogP contribution >= 0.6 is 0 Å². The summed E-state index contributed by atoms with van der Waals surface area (Å²) in [5, 5.41) is 14.2. The van der Waals surface area contributed by atoms with Gasteiger partial charge in [-0.3, -0.25) is 4.90 Å². The van der Waals surface area contributed by atoms with Crippen LogP contribution in [0, 0.1) is 5.92 Å². The zero-order chi connectivity index (χ0) is 13.9. The smallest absolute Gasteiger partial charge is 0.240 e. The van der Waals surface area contributed by atoms with Crippen LogP contribution in [0.3, 0.4) is 0 Å². The van der Waals surface area contributed by atoms with Gasteiger partial charge < -0.3 is 9.63 Å². The number of aliphatic hydroxyl groups is 1. The van der Waals surface area contributed by atoms with E-state index in [-0.39, 0.29) is 6.10 Å². The first-order valence-corrected chi connectivity index (χ1v) is 8.01. The molecule has 112 valence electrons. The second kappa shape index (κ2) is 6.22. The first kappa shape index (κ1) is 14.0. The van der Waals surface area contributed by atoms with E-state index in [2.05, 4.69) is 15.0 Å². The van der Waals surface area contributed by atoms with E-state index in [1.54, 1.807) is 0 Å². The van der Waals surface area contributed by atoms with Crippen molar-refractivity contribution >= 4 is 0 Å². The predicted octanol–water partition coefficient (Wildman–Crippen LogP) is 2.15. The Balaban J connectivity index is 1.68. The highest BCUT2D eigenvalue weighted by molar-refractivity contribution is 4.93. The number of aryl methyl sites for hydroxylation is 1. The third-order valence-corrected chi connectivity index (χ3v) is 4.85. The van der Waals surface area contributed by atoms with Crippen LogP contribution in [0.5, 0.6) is 0 Å². The monoisotopic (exact) mass is 279 g/mol. The molecule has 20 heavy (non-hydrogen) atoms. The molecule has 2 fully saturated rings. The Hall–Kier alpha value is -0.940. The lowest BCUT2D eigenvalue weighted by Crippen LogP contribution is -2.45. The van der Waals surface area contributed by atoms with Gasteiger partial charge >= 0.3 is 0 Å². The summed E-state index contributed by atoms with van der Waals surface area (Å²) in [5.74, 6) is 1.94. The van der Waals surface area contributed by atoms with E-state index in [4.69, 9.17) is 4.52 Å². The van der Waals surface area contributed by atoms with Gasteiger partial charge in [0.2, 0.25) is 5.89 Å². The summed E-state index contributed by atoms with van der Waals surface area (Å²) < 4.78 is 5.33. The zero-order valence-corrected chi connectivity index (χ0v) is 12.3. The van der Waals surface area contributed by atoms with Crippen LogP contribution in [0.15, 0.2) is 4.52 Å². The number of piperidine rings is 1. The summed E-state index contributed by atoms with van der Waals surface area (Å²) in [4.78, 5) is 6.88. The molecule has 0 spiro atoms. The molecule has 1 N–H and O–H groups in total. The Labute approximate surface area is 120 Å². The number of likely N-dealkylation sites (tertiary alicyclic amines) is 1. The van der Waals surface area contributed by atoms with Crippen molar-refractivity contribution in [3.8, 4) is 0 Å². The first-order valence-electron chi connectivity index (χ1n) is 8.01. The third kappa shape index (κ3) is 2.88. The molecule has 0 aromatic carbocycles. The van der Waals surface area contributed by atoms with E-state index < -0.39 is 0 Å². The summed E-state index contributed by atoms with van der Waals surface area (Å²) >= 11 is 0. The molecule has 3 rings (SSSR count). The quantitative estimate of drug-likeness (QED) is 0.915. The van der Waals surface area contributed by atoms with Crippen molar-refractivity contribution in [3.05, 3.63) is 11.7 Å². The molecule has 1 saturated carbocycles. The van der Waals surface area contributed by atoms with Gasteiger partial charge in [0.15, 0.2) is 5.82 Å². The van der Waals surface area contributed by atoms with Crippen LogP contribution in [0.25, 0.3) is 0 Å². The summed E-state index contributed by atoms with van der Waals surface area (Å²) in [6.45, 7) is 3.85. The summed E-state index contributed by atoms with van der Waals surface area (Å²) in [7, 11) is 0. The Kier molecular flexibility index (Phi) is 4.36. The number of nitrogens with zero attached hydrogens (tertiary/aromatic N) is 3. The molecule has 1 aromatic rings. The maximum Gasteiger partial charge on any atom is 0.240 e. The SMILES string of the molecule is CCc1noc(CN2CCCCC2C2CCCC2O)n1. The minimum Gasteiger partial charge on any atom is -0.393 e. The van der Waals surface area contributed by atoms with Crippen molar-refractivity contribution in [2.45, 2.75) is 70.6 Å². The van der Waals surface area contributed by atoms with Crippen LogP contribution in [0.2, 0.25) is 0 Å². The molecule has 0 amide bonds. The standard InChI is InChI=1S/C15H25N3O2/c1-2-14-16-15(20-17-14)10-18-9-4-3-7-12(18)11-6-5-8-13(11)19/h11-13,19H,2-10H2,1H3. The molecule has 2 aliphatic rings. The van der Waals surface area contributed by atoms with Crippen LogP contribution in [0.4, 0.5) is 0 Å². The molecular formula is C15H25N3O2. The Morgan fingerprint density at radius 2 is 2.15 bits per heavy atom. The molecule has 1 aliphatic heterocycles. The van der Waals surface area contributed by atoms with Gasteiger partial charge in [0, 0.05) is 18.4 Å². The highest BCUT2D eigenvalue weighted by atomic mass is 16.5. The number of rotatable bonds is 4. The highest BCUT2D eigenvalue weighted by Crippen LogP contribution is 2.35. The molecule has 2 heterocycles. The van der Waals surface area contributed by atoms with Gasteiger partial charge in [0.25, 0.3) is 0 Å². The van der Waals surface area contributed by atoms with E-state index >= 15 is 0 Å². The molecule has 1 aliphatic carbocycles. The number of hydrogen-bond acceptors (Lipinski definition) is 5. The van der Waals surface area contributed by atoms with E-state index in [0.717, 1.165) is 50.5 Å². The predicted molar refractivity (Wildman–Crippen MR) is 75.1 cm³/mol. The van der Waals surface area contributed by atoms with E-state index in [1.807, 2.05) is 6.92 Å². The summed E-state index contributed by atoms with van der Waals surface area (Å²) in [5.41, 5.74) is 0. The third-order valence-electron chi connectivity index (χ3n) is 4.85. The zero-order valence-electron chi connectivity index (χ0n) is 12.3. The van der Waals surface area contributed by atoms with Gasteiger partial charge in [-0.15, -0.1) is 0 Å². The molecule has 3 atom stereocenters. The second-order valence-electron chi connectivity index (χ2n) is 6.15. The van der Waals surface area contributed by atoms with E-state index in [1.165, 1.54) is 19.3 Å². The van der Waals surface area contributed by atoms with Crippen molar-refractivity contribution in [2.75, 3.05) is 6.54 Å². The lowest BCUT2D eigenvalue weighted by molar-refractivity contribution is 0.0262. The fourth-order valence-corrected chi connectivity index (χ4v) is 3.79. The van der Waals surface area contributed by atoms with Gasteiger partial charge in [-0.25, -0.2) is 0 Å². The van der Waals surface area contributed by atoms with Crippen molar-refractivity contribution in [1.29, 1.82) is 0 Å². The minimum atomic E-state index is -0.116. The molecule has 0 bridgehead atoms. The van der Waals surface area contributed by atoms with Gasteiger partial charge in [0.1, 0.15) is 0 Å². The number of aromatic nitrogens is 2. The minimum absolute atomic E-state index is 0.116. The van der Waals surface area contributed by atoms with Gasteiger partial charge in [-0.1, -0.05) is 24.9 Å². The average Bonchev–Trinajstić information content (AvgIpc) is 3.08. The summed E-state index contributed by atoms with van der Waals surface area (Å²) in [6, 6.07) is 0.484. The summed E-state index contributed by atoms with van der Waals surface area (Å²) in [6.07, 6.45) is 7.68. The largest absolute Gasteiger partial charge is 0.393 e. The maximum atomic E-state index is 10.2. The van der Waals surface area contributed by atoms with Gasteiger partial charge in [-0.05, 0) is 32.2 Å². The Morgan fingerprint density at radius 3 is 2.85 bits per heavy atom. The van der Waals surface area contributed by atoms with Crippen LogP contribution < -0.4 is 0 Å². The molecule has 5 heteroatoms. The fraction of sp³-hybridized carbons (Fsp3) is 0.867. The number of aliphatic hydroxyl groups excluding tert-OH is 1. The van der Waals surface area contributed by atoms with Crippen LogP contribution in [-0.4, -0.2) is 38.8 Å². The van der Waals surface area contributed by atoms with Crippen molar-refractivity contribution < 1.29 is 9.63 Å². The van der Waals surface area contributed by atoms with Crippen LogP contribution in [-0.2, 0) is 13.0 Å². The molecule has 1 saturated heterocycles. The van der Waals surface area contributed by atoms with E-state index in [0.29, 0.717) is 12.0 Å². The normalized spacial score (nSPS) is 31.8. The lowest BCUT2D eigenvalue weighted by atomic mass is 9.88. The lowest BCUT2D eigenvalue weighted by Gasteiger charge is -2.39. The molecule has 3 unspecified atom stereocenters. The maximum absolute atomic E-state index is 10.2. The number of hydrogen-bond donors (Lipinski definition) is 1. The molecule has 5 nitrogen and oxygen atoms in total. The Morgan fingerprint density at radius 1 is 1.25 bits per heavy atom. The molecule has 0 radical (unpaired) electrons. The van der Waals surface area contributed by atoms with Crippen molar-refractivity contribution in [2.24, 2.45) is 5.92 Å². The van der Waals surface area contributed by atoms with Crippen molar-refractivity contribution in [3.63, 3.8) is 0 Å². The van der Waals surface area contributed by atoms with Gasteiger partial charge in [-0.2, -0.15) is 4.98 Å². The first-order chi connectivity index (χ1) is 9.78. The second-order valence-corrected chi connectivity index (χ2v) is 6.15. The van der Waals surface area contributed by atoms with Crippen LogP contribution in [0.1, 0.15) is 57.2 Å². The van der Waals surface area contributed by atoms with E-state index in [9.17, 15) is 5.11 Å². The fourth-order valence-electron chi connectivity index (χ4n) is 3.79.